The van der Waals surface area contributed by atoms with Gasteiger partial charge in [-0.3, -0.25) is 0 Å². The summed E-state index contributed by atoms with van der Waals surface area (Å²) in [6, 6.07) is 8.15. The second kappa shape index (κ2) is 5.00. The fraction of sp³-hybridized carbons (Fsp3) is 0.0625. The number of carbonyl (C=O) groups is 1. The van der Waals surface area contributed by atoms with Gasteiger partial charge in [-0.1, -0.05) is 0 Å². The summed E-state index contributed by atoms with van der Waals surface area (Å²) < 4.78 is 5.53. The minimum Gasteiger partial charge on any atom is -0.508 e. The van der Waals surface area contributed by atoms with Gasteiger partial charge in [0.2, 0.25) is 0 Å². The lowest BCUT2D eigenvalue weighted by atomic mass is 9.92. The molecule has 2 aromatic rings. The lowest BCUT2D eigenvalue weighted by Crippen LogP contribution is -2.16. The fourth-order valence-electron chi connectivity index (χ4n) is 2.39. The van der Waals surface area contributed by atoms with E-state index >= 15 is 0 Å². The lowest BCUT2D eigenvalue weighted by Gasteiger charge is -2.25. The van der Waals surface area contributed by atoms with E-state index in [9.17, 15) is 25.2 Å². The maximum absolute atomic E-state index is 11.3. The number of rotatable bonds is 2. The molecule has 1 unspecified atom stereocenters. The first kappa shape index (κ1) is 13.8. The zero-order valence-electron chi connectivity index (χ0n) is 11.2. The van der Waals surface area contributed by atoms with Crippen molar-refractivity contribution < 1.29 is 30.0 Å². The van der Waals surface area contributed by atoms with Gasteiger partial charge in [-0.25, -0.2) is 0 Å². The molecule has 1 heterocycles. The Kier molecular flexibility index (Phi) is 3.14. The molecule has 3 rings (SSSR count). The zero-order chi connectivity index (χ0) is 15.9. The highest BCUT2D eigenvalue weighted by Crippen LogP contribution is 2.46. The first-order valence-electron chi connectivity index (χ1n) is 6.43. The molecule has 0 aromatic heterocycles. The van der Waals surface area contributed by atoms with Gasteiger partial charge in [0.15, 0.2) is 11.5 Å². The van der Waals surface area contributed by atoms with Crippen molar-refractivity contribution in [3.05, 3.63) is 53.3 Å². The van der Waals surface area contributed by atoms with Crippen LogP contribution in [0.25, 0.3) is 5.76 Å². The third kappa shape index (κ3) is 2.10. The Bertz CT molecular complexity index is 776. The molecule has 0 fully saturated rings. The van der Waals surface area contributed by atoms with Crippen LogP contribution in [0.3, 0.4) is 0 Å². The molecule has 1 atom stereocenters. The van der Waals surface area contributed by atoms with E-state index in [0.717, 1.165) is 6.07 Å². The summed E-state index contributed by atoms with van der Waals surface area (Å²) in [7, 11) is 0. The first-order chi connectivity index (χ1) is 10.5. The molecule has 2 aromatic carbocycles. The number of aliphatic hydroxyl groups excluding tert-OH is 1. The van der Waals surface area contributed by atoms with Crippen LogP contribution in [-0.4, -0.2) is 26.7 Å². The number of aliphatic hydroxyl groups is 1. The van der Waals surface area contributed by atoms with Crippen LogP contribution in [0.2, 0.25) is 0 Å². The minimum absolute atomic E-state index is 0.0228. The third-order valence-corrected chi connectivity index (χ3v) is 3.42. The highest BCUT2D eigenvalue weighted by atomic mass is 16.5. The van der Waals surface area contributed by atoms with Gasteiger partial charge >= 0.3 is 0 Å². The molecule has 112 valence electrons. The van der Waals surface area contributed by atoms with E-state index in [1.807, 2.05) is 0 Å². The van der Waals surface area contributed by atoms with Crippen molar-refractivity contribution in [3.8, 4) is 23.0 Å². The van der Waals surface area contributed by atoms with Crippen LogP contribution in [0.4, 0.5) is 0 Å². The molecule has 0 bridgehead atoms. The van der Waals surface area contributed by atoms with E-state index in [1.165, 1.54) is 30.3 Å². The highest BCUT2D eigenvalue weighted by Gasteiger charge is 2.33. The van der Waals surface area contributed by atoms with E-state index in [1.54, 1.807) is 0 Å². The maximum Gasteiger partial charge on any atom is 0.173 e. The first-order valence-corrected chi connectivity index (χ1v) is 6.43. The number of ether oxygens (including phenoxy) is 1. The van der Waals surface area contributed by atoms with Crippen molar-refractivity contribution in [1.29, 1.82) is 0 Å². The monoisotopic (exact) mass is 300 g/mol. The van der Waals surface area contributed by atoms with Gasteiger partial charge in [-0.05, 0) is 24.3 Å². The second-order valence-corrected chi connectivity index (χ2v) is 4.85. The van der Waals surface area contributed by atoms with Gasteiger partial charge in [-0.2, -0.15) is 0 Å². The Morgan fingerprint density at radius 2 is 1.64 bits per heavy atom. The van der Waals surface area contributed by atoms with Gasteiger partial charge in [0.05, 0.1) is 5.56 Å². The van der Waals surface area contributed by atoms with E-state index in [2.05, 4.69) is 0 Å². The zero-order valence-corrected chi connectivity index (χ0v) is 11.2. The number of hydrogen-bond acceptors (Lipinski definition) is 6. The highest BCUT2D eigenvalue weighted by molar-refractivity contribution is 5.80. The topological polar surface area (TPSA) is 107 Å². The molecule has 22 heavy (non-hydrogen) atoms. The van der Waals surface area contributed by atoms with Gasteiger partial charge < -0.3 is 30.0 Å². The predicted molar refractivity (Wildman–Crippen MR) is 76.9 cm³/mol. The van der Waals surface area contributed by atoms with E-state index in [0.29, 0.717) is 11.8 Å². The molecule has 0 saturated heterocycles. The van der Waals surface area contributed by atoms with Crippen molar-refractivity contribution in [2.24, 2.45) is 0 Å². The average Bonchev–Trinajstić information content (AvgIpc) is 2.48. The van der Waals surface area contributed by atoms with Crippen LogP contribution in [-0.2, 0) is 4.79 Å². The molecule has 0 spiro atoms. The quantitative estimate of drug-likeness (QED) is 0.634. The number of phenols is 3. The van der Waals surface area contributed by atoms with E-state index < -0.39 is 5.92 Å². The molecular formula is C16H12O6. The van der Waals surface area contributed by atoms with Crippen LogP contribution in [0, 0.1) is 0 Å². The Morgan fingerprint density at radius 3 is 2.27 bits per heavy atom. The molecule has 6 heteroatoms. The van der Waals surface area contributed by atoms with Crippen molar-refractivity contribution in [1.82, 2.24) is 0 Å². The summed E-state index contributed by atoms with van der Waals surface area (Å²) in [5.74, 6) is -1.88. The van der Waals surface area contributed by atoms with Crippen LogP contribution >= 0.6 is 0 Å². The number of benzene rings is 2. The second-order valence-electron chi connectivity index (χ2n) is 4.85. The summed E-state index contributed by atoms with van der Waals surface area (Å²) in [5, 5.41) is 39.0. The van der Waals surface area contributed by atoms with Crippen LogP contribution in [0.15, 0.2) is 42.2 Å². The molecule has 1 aliphatic heterocycles. The summed E-state index contributed by atoms with van der Waals surface area (Å²) >= 11 is 0. The summed E-state index contributed by atoms with van der Waals surface area (Å²) in [6.07, 6.45) is 0.480. The minimum atomic E-state index is -1.10. The Labute approximate surface area is 125 Å². The van der Waals surface area contributed by atoms with Crippen molar-refractivity contribution in [2.75, 3.05) is 0 Å². The number of hydrogen-bond donors (Lipinski definition) is 4. The largest absolute Gasteiger partial charge is 0.508 e. The molecule has 4 N–H and O–H groups in total. The molecular weight excluding hydrogens is 288 g/mol. The van der Waals surface area contributed by atoms with E-state index in [4.69, 9.17) is 4.74 Å². The number of aldehydes is 1. The van der Waals surface area contributed by atoms with Gasteiger partial charge in [0.25, 0.3) is 0 Å². The van der Waals surface area contributed by atoms with Gasteiger partial charge in [0.1, 0.15) is 35.2 Å². The average molecular weight is 300 g/mol. The normalized spacial score (nSPS) is 16.8. The molecule has 0 saturated carbocycles. The summed E-state index contributed by atoms with van der Waals surface area (Å²) in [5.41, 5.74) is 0.531. The number of fused-ring (bicyclic) bond motifs is 1. The van der Waals surface area contributed by atoms with Crippen LogP contribution in [0.5, 0.6) is 23.0 Å². The lowest BCUT2D eigenvalue weighted by molar-refractivity contribution is -0.109. The third-order valence-electron chi connectivity index (χ3n) is 3.42. The van der Waals surface area contributed by atoms with Crippen molar-refractivity contribution in [2.45, 2.75) is 5.92 Å². The fourth-order valence-corrected chi connectivity index (χ4v) is 2.39. The van der Waals surface area contributed by atoms with Gasteiger partial charge in [0, 0.05) is 17.7 Å². The molecule has 1 aliphatic rings. The van der Waals surface area contributed by atoms with Crippen LogP contribution in [0.1, 0.15) is 17.0 Å². The smallest absolute Gasteiger partial charge is 0.173 e. The molecule has 0 amide bonds. The van der Waals surface area contributed by atoms with Gasteiger partial charge in [-0.15, -0.1) is 0 Å². The SMILES string of the molecule is O=CC1C(O)=C(c2ccc(O)cc2)Oc2cc(O)cc(O)c21. The summed E-state index contributed by atoms with van der Waals surface area (Å²) in [6.45, 7) is 0. The Hall–Kier alpha value is -3.15. The Morgan fingerprint density at radius 1 is 0.955 bits per heavy atom. The van der Waals surface area contributed by atoms with Crippen LogP contribution < -0.4 is 4.74 Å². The molecule has 0 aliphatic carbocycles. The standard InChI is InChI=1S/C16H12O6/c17-7-11-14-12(20)5-10(19)6-13(14)22-16(15(11)21)8-1-3-9(18)4-2-8/h1-7,11,18-21H. The number of allylic oxidation sites excluding steroid dienone is 1. The molecule has 0 radical (unpaired) electrons. The Balaban J connectivity index is 2.17. The number of phenolic OH excluding ortho intramolecular Hbond substituents is 3. The number of carbonyl (C=O) groups excluding carboxylic acids is 1. The maximum atomic E-state index is 11.3. The van der Waals surface area contributed by atoms with Crippen molar-refractivity contribution >= 4 is 12.0 Å². The predicted octanol–water partition coefficient (Wildman–Crippen LogP) is 2.41. The molecule has 6 nitrogen and oxygen atoms in total. The van der Waals surface area contributed by atoms with E-state index in [-0.39, 0.29) is 40.1 Å². The van der Waals surface area contributed by atoms with Crippen molar-refractivity contribution in [3.63, 3.8) is 0 Å². The number of aromatic hydroxyl groups is 3. The summed E-state index contributed by atoms with van der Waals surface area (Å²) in [4.78, 5) is 11.3.